The van der Waals surface area contributed by atoms with Crippen molar-refractivity contribution in [1.29, 1.82) is 0 Å². The van der Waals surface area contributed by atoms with Gasteiger partial charge in [-0.1, -0.05) is 91.0 Å². The molecule has 7 nitrogen and oxygen atoms in total. The molecule has 38 heavy (non-hydrogen) atoms. The Bertz CT molecular complexity index is 1220. The predicted molar refractivity (Wildman–Crippen MR) is 145 cm³/mol. The van der Waals surface area contributed by atoms with Gasteiger partial charge in [-0.25, -0.2) is 14.6 Å². The topological polar surface area (TPSA) is 84.5 Å². The number of aromatic nitrogens is 2. The number of amides is 1. The van der Waals surface area contributed by atoms with Gasteiger partial charge in [0.1, 0.15) is 17.2 Å². The molecule has 0 saturated carbocycles. The summed E-state index contributed by atoms with van der Waals surface area (Å²) >= 11 is 0. The molecule has 1 atom stereocenters. The Balaban J connectivity index is 2.11. The molecule has 0 aliphatic heterocycles. The van der Waals surface area contributed by atoms with E-state index in [0.717, 1.165) is 16.7 Å². The molecule has 1 N–H and O–H groups in total. The molecule has 4 aromatic rings. The zero-order chi connectivity index (χ0) is 27.2. The normalized spacial score (nSPS) is 12.4. The number of nitrogens with zero attached hydrogens (tertiary/aromatic N) is 2. The second kappa shape index (κ2) is 11.3. The van der Waals surface area contributed by atoms with Gasteiger partial charge in [0.15, 0.2) is 0 Å². The summed E-state index contributed by atoms with van der Waals surface area (Å²) < 4.78 is 11.3. The van der Waals surface area contributed by atoms with Gasteiger partial charge in [-0.15, -0.1) is 0 Å². The molecule has 7 heteroatoms. The third-order valence-corrected chi connectivity index (χ3v) is 6.28. The lowest BCUT2D eigenvalue weighted by atomic mass is 9.74. The fourth-order valence-corrected chi connectivity index (χ4v) is 4.79. The van der Waals surface area contributed by atoms with Crippen molar-refractivity contribution < 1.29 is 19.1 Å². The summed E-state index contributed by atoms with van der Waals surface area (Å²) in [5, 5.41) is 0. The van der Waals surface area contributed by atoms with Crippen LogP contribution in [0.15, 0.2) is 104 Å². The first kappa shape index (κ1) is 26.7. The average molecular weight is 512 g/mol. The number of H-pyrrole nitrogens is 1. The summed E-state index contributed by atoms with van der Waals surface area (Å²) in [5.74, 6) is -0.572. The van der Waals surface area contributed by atoms with Crippen LogP contribution >= 0.6 is 0 Å². The molecule has 0 aliphatic rings. The lowest BCUT2D eigenvalue weighted by molar-refractivity contribution is -0.148. The standard InChI is InChI=1S/C31H33N3O4/c1-30(2,3)38-29(36)34(27(28(35)37-4)20-26-21-32-22-33-26)31(23-14-8-5-9-15-23,24-16-10-6-11-17-24)25-18-12-7-13-19-25/h5-19,21-22,27H,20H2,1-4H3,(H,32,33)/t27-/m0/s1. The summed E-state index contributed by atoms with van der Waals surface area (Å²) in [5.41, 5.74) is 0.993. The number of carbonyl (C=O) groups is 2. The van der Waals surface area contributed by atoms with E-state index in [0.29, 0.717) is 5.69 Å². The molecule has 0 saturated heterocycles. The van der Waals surface area contributed by atoms with Crippen molar-refractivity contribution in [2.24, 2.45) is 0 Å². The molecule has 1 heterocycles. The first-order valence-corrected chi connectivity index (χ1v) is 12.5. The summed E-state index contributed by atoms with van der Waals surface area (Å²) in [4.78, 5) is 36.7. The van der Waals surface area contributed by atoms with Crippen molar-refractivity contribution >= 4 is 12.1 Å². The Morgan fingerprint density at radius 1 is 0.842 bits per heavy atom. The predicted octanol–water partition coefficient (Wildman–Crippen LogP) is 5.72. The molecule has 3 aromatic carbocycles. The van der Waals surface area contributed by atoms with Gasteiger partial charge in [-0.2, -0.15) is 0 Å². The van der Waals surface area contributed by atoms with Crippen molar-refractivity contribution in [3.63, 3.8) is 0 Å². The van der Waals surface area contributed by atoms with Crippen LogP contribution in [-0.4, -0.2) is 45.7 Å². The number of hydrogen-bond acceptors (Lipinski definition) is 5. The highest BCUT2D eigenvalue weighted by Gasteiger charge is 2.51. The number of nitrogens with one attached hydrogen (secondary N) is 1. The Morgan fingerprint density at radius 3 is 1.68 bits per heavy atom. The van der Waals surface area contributed by atoms with Crippen molar-refractivity contribution in [3.8, 4) is 0 Å². The number of ether oxygens (including phenoxy) is 2. The highest BCUT2D eigenvalue weighted by atomic mass is 16.6. The molecular weight excluding hydrogens is 478 g/mol. The minimum Gasteiger partial charge on any atom is -0.467 e. The maximum Gasteiger partial charge on any atom is 0.412 e. The Morgan fingerprint density at radius 2 is 1.32 bits per heavy atom. The lowest BCUT2D eigenvalue weighted by Crippen LogP contribution is -2.60. The summed E-state index contributed by atoms with van der Waals surface area (Å²) in [6.07, 6.45) is 2.67. The monoisotopic (exact) mass is 511 g/mol. The van der Waals surface area contributed by atoms with Crippen molar-refractivity contribution in [2.45, 2.75) is 44.4 Å². The van der Waals surface area contributed by atoms with E-state index in [9.17, 15) is 9.59 Å². The quantitative estimate of drug-likeness (QED) is 0.242. The Kier molecular flexibility index (Phi) is 7.96. The van der Waals surface area contributed by atoms with Crippen LogP contribution in [0, 0.1) is 0 Å². The fourth-order valence-electron chi connectivity index (χ4n) is 4.79. The number of aromatic amines is 1. The first-order chi connectivity index (χ1) is 18.3. The first-order valence-electron chi connectivity index (χ1n) is 12.5. The van der Waals surface area contributed by atoms with Crippen LogP contribution in [0.25, 0.3) is 0 Å². The Hall–Kier alpha value is -4.39. The largest absolute Gasteiger partial charge is 0.467 e. The molecule has 1 amide bonds. The maximum absolute atomic E-state index is 14.4. The summed E-state index contributed by atoms with van der Waals surface area (Å²) in [6.45, 7) is 5.42. The SMILES string of the molecule is COC(=O)[C@H](Cc1cnc[nH]1)N(C(=O)OC(C)(C)C)C(c1ccccc1)(c1ccccc1)c1ccccc1. The van der Waals surface area contributed by atoms with E-state index >= 15 is 0 Å². The number of imidazole rings is 1. The number of methoxy groups -OCH3 is 1. The minimum absolute atomic E-state index is 0.139. The van der Waals surface area contributed by atoms with Gasteiger partial charge in [0.25, 0.3) is 0 Å². The van der Waals surface area contributed by atoms with E-state index < -0.39 is 29.2 Å². The van der Waals surface area contributed by atoms with Crippen molar-refractivity contribution in [1.82, 2.24) is 14.9 Å². The van der Waals surface area contributed by atoms with E-state index in [4.69, 9.17) is 9.47 Å². The van der Waals surface area contributed by atoms with Crippen molar-refractivity contribution in [2.75, 3.05) is 7.11 Å². The number of rotatable bonds is 8. The smallest absolute Gasteiger partial charge is 0.412 e. The van der Waals surface area contributed by atoms with Crippen LogP contribution in [0.3, 0.4) is 0 Å². The molecule has 0 radical (unpaired) electrons. The van der Waals surface area contributed by atoms with E-state index in [-0.39, 0.29) is 6.42 Å². The second-order valence-electron chi connectivity index (χ2n) is 9.98. The van der Waals surface area contributed by atoms with E-state index in [1.54, 1.807) is 33.3 Å². The molecule has 196 valence electrons. The van der Waals surface area contributed by atoms with Gasteiger partial charge in [-0.3, -0.25) is 4.90 Å². The minimum atomic E-state index is -1.25. The van der Waals surface area contributed by atoms with Gasteiger partial charge >= 0.3 is 12.1 Å². The summed E-state index contributed by atoms with van der Waals surface area (Å²) in [6, 6.07) is 28.0. The molecule has 0 unspecified atom stereocenters. The second-order valence-corrected chi connectivity index (χ2v) is 9.98. The highest BCUT2D eigenvalue weighted by molar-refractivity contribution is 5.84. The van der Waals surface area contributed by atoms with E-state index in [2.05, 4.69) is 9.97 Å². The van der Waals surface area contributed by atoms with Crippen molar-refractivity contribution in [3.05, 3.63) is 126 Å². The molecule has 4 rings (SSSR count). The number of hydrogen-bond donors (Lipinski definition) is 1. The zero-order valence-corrected chi connectivity index (χ0v) is 22.1. The maximum atomic E-state index is 14.4. The molecule has 0 fully saturated rings. The number of esters is 1. The third kappa shape index (κ3) is 5.47. The average Bonchev–Trinajstić information content (AvgIpc) is 3.44. The lowest BCUT2D eigenvalue weighted by Gasteiger charge is -2.48. The van der Waals surface area contributed by atoms with Crippen LogP contribution in [0.1, 0.15) is 43.2 Å². The van der Waals surface area contributed by atoms with Crippen LogP contribution in [0.4, 0.5) is 4.79 Å². The number of benzene rings is 3. The fraction of sp³-hybridized carbons (Fsp3) is 0.258. The van der Waals surface area contributed by atoms with Crippen LogP contribution in [0.2, 0.25) is 0 Å². The Labute approximate surface area is 223 Å². The third-order valence-electron chi connectivity index (χ3n) is 6.28. The molecule has 0 bridgehead atoms. The molecule has 1 aromatic heterocycles. The van der Waals surface area contributed by atoms with Crippen LogP contribution in [0.5, 0.6) is 0 Å². The van der Waals surface area contributed by atoms with Gasteiger partial charge < -0.3 is 14.5 Å². The van der Waals surface area contributed by atoms with Gasteiger partial charge in [0.2, 0.25) is 0 Å². The molecular formula is C31H33N3O4. The van der Waals surface area contributed by atoms with Crippen LogP contribution < -0.4 is 0 Å². The van der Waals surface area contributed by atoms with Gasteiger partial charge in [0, 0.05) is 18.3 Å². The van der Waals surface area contributed by atoms with Gasteiger partial charge in [-0.05, 0) is 37.5 Å². The molecule has 0 spiro atoms. The van der Waals surface area contributed by atoms with Gasteiger partial charge in [0.05, 0.1) is 13.4 Å². The van der Waals surface area contributed by atoms with E-state index in [1.165, 1.54) is 12.0 Å². The van der Waals surface area contributed by atoms with E-state index in [1.807, 2.05) is 91.0 Å². The molecule has 0 aliphatic carbocycles. The van der Waals surface area contributed by atoms with Crippen LogP contribution in [-0.2, 0) is 26.2 Å². The highest BCUT2D eigenvalue weighted by Crippen LogP contribution is 2.45. The summed E-state index contributed by atoms with van der Waals surface area (Å²) in [7, 11) is 1.32. The number of carbonyl (C=O) groups excluding carboxylic acids is 2. The zero-order valence-electron chi connectivity index (χ0n) is 22.1.